The van der Waals surface area contributed by atoms with E-state index in [4.69, 9.17) is 11.6 Å². The van der Waals surface area contributed by atoms with Crippen molar-refractivity contribution in [3.05, 3.63) is 47.5 Å². The number of halogens is 1. The van der Waals surface area contributed by atoms with E-state index >= 15 is 0 Å². The molecule has 0 fully saturated rings. The van der Waals surface area contributed by atoms with Crippen molar-refractivity contribution in [3.8, 4) is 0 Å². The number of hydrogen-bond acceptors (Lipinski definition) is 3. The number of carbonyl (C=O) groups is 1. The third kappa shape index (κ3) is 7.61. The summed E-state index contributed by atoms with van der Waals surface area (Å²) in [6.07, 6.45) is 1.75. The highest BCUT2D eigenvalue weighted by Gasteiger charge is 2.20. The number of guanidine groups is 1. The molecule has 0 aliphatic rings. The standard InChI is InChI=1S/C20H32ClN5O/c1-6-13-22-20(24-15-19(27)25(4)5)23-14-18(26(7-2)8-3)16-11-9-10-12-17(16)21/h6,9-12,18H,1,7-8,13-15H2,2-5H3,(H2,22,23,24). The molecule has 27 heavy (non-hydrogen) atoms. The molecule has 1 amide bonds. The molecule has 0 spiro atoms. The summed E-state index contributed by atoms with van der Waals surface area (Å²) in [7, 11) is 3.44. The highest BCUT2D eigenvalue weighted by molar-refractivity contribution is 6.31. The Labute approximate surface area is 168 Å². The van der Waals surface area contributed by atoms with Gasteiger partial charge in [-0.3, -0.25) is 9.69 Å². The van der Waals surface area contributed by atoms with Crippen LogP contribution in [-0.4, -0.2) is 68.5 Å². The molecule has 6 nitrogen and oxygen atoms in total. The highest BCUT2D eigenvalue weighted by Crippen LogP contribution is 2.26. The molecular formula is C20H32ClN5O. The fraction of sp³-hybridized carbons (Fsp3) is 0.500. The summed E-state index contributed by atoms with van der Waals surface area (Å²) in [5.74, 6) is 0.524. The van der Waals surface area contributed by atoms with E-state index in [-0.39, 0.29) is 18.5 Å². The van der Waals surface area contributed by atoms with E-state index in [1.54, 1.807) is 20.2 Å². The number of nitrogens with one attached hydrogen (secondary N) is 2. The quantitative estimate of drug-likeness (QED) is 0.364. The number of amides is 1. The van der Waals surface area contributed by atoms with Crippen LogP contribution in [0.1, 0.15) is 25.5 Å². The molecule has 1 atom stereocenters. The van der Waals surface area contributed by atoms with Crippen molar-refractivity contribution in [1.82, 2.24) is 20.4 Å². The predicted octanol–water partition coefficient (Wildman–Crippen LogP) is 2.53. The average Bonchev–Trinajstić information content (AvgIpc) is 2.66. The molecule has 0 aliphatic heterocycles. The van der Waals surface area contributed by atoms with Crippen LogP contribution in [0.4, 0.5) is 0 Å². The fourth-order valence-corrected chi connectivity index (χ4v) is 2.93. The maximum atomic E-state index is 11.8. The van der Waals surface area contributed by atoms with E-state index in [1.807, 2.05) is 18.2 Å². The monoisotopic (exact) mass is 393 g/mol. The van der Waals surface area contributed by atoms with Gasteiger partial charge < -0.3 is 15.5 Å². The van der Waals surface area contributed by atoms with Crippen molar-refractivity contribution in [2.45, 2.75) is 19.9 Å². The lowest BCUT2D eigenvalue weighted by molar-refractivity contribution is -0.127. The minimum absolute atomic E-state index is 0.0545. The highest BCUT2D eigenvalue weighted by atomic mass is 35.5. The van der Waals surface area contributed by atoms with Gasteiger partial charge in [0.2, 0.25) is 5.91 Å². The summed E-state index contributed by atoms with van der Waals surface area (Å²) < 4.78 is 0. The van der Waals surface area contributed by atoms with Crippen molar-refractivity contribution in [2.24, 2.45) is 4.99 Å². The normalized spacial score (nSPS) is 12.6. The molecule has 0 heterocycles. The summed E-state index contributed by atoms with van der Waals surface area (Å²) in [5.41, 5.74) is 1.07. The lowest BCUT2D eigenvalue weighted by Gasteiger charge is -2.31. The topological polar surface area (TPSA) is 60.0 Å². The summed E-state index contributed by atoms with van der Waals surface area (Å²) >= 11 is 6.45. The predicted molar refractivity (Wildman–Crippen MR) is 114 cm³/mol. The second kappa shape index (κ2) is 12.4. The van der Waals surface area contributed by atoms with Gasteiger partial charge in [-0.25, -0.2) is 4.99 Å². The van der Waals surface area contributed by atoms with Gasteiger partial charge in [0.05, 0.1) is 6.04 Å². The van der Waals surface area contributed by atoms with Gasteiger partial charge in [0, 0.05) is 32.2 Å². The zero-order valence-corrected chi connectivity index (χ0v) is 17.6. The van der Waals surface area contributed by atoms with Gasteiger partial charge >= 0.3 is 0 Å². The first-order valence-electron chi connectivity index (χ1n) is 9.26. The molecule has 1 unspecified atom stereocenters. The molecule has 0 saturated heterocycles. The van der Waals surface area contributed by atoms with Gasteiger partial charge in [-0.1, -0.05) is 49.7 Å². The van der Waals surface area contributed by atoms with Crippen molar-refractivity contribution < 1.29 is 4.79 Å². The van der Waals surface area contributed by atoms with Crippen molar-refractivity contribution in [2.75, 3.05) is 46.8 Å². The van der Waals surface area contributed by atoms with Crippen LogP contribution in [0.25, 0.3) is 0 Å². The lowest BCUT2D eigenvalue weighted by Crippen LogP contribution is -2.44. The molecule has 0 aliphatic carbocycles. The van der Waals surface area contributed by atoms with Crippen LogP contribution in [0.15, 0.2) is 41.9 Å². The molecular weight excluding hydrogens is 362 g/mol. The van der Waals surface area contributed by atoms with Gasteiger partial charge in [-0.2, -0.15) is 0 Å². The molecule has 1 rings (SSSR count). The van der Waals surface area contributed by atoms with Gasteiger partial charge in [-0.15, -0.1) is 6.58 Å². The average molecular weight is 394 g/mol. The van der Waals surface area contributed by atoms with Crippen LogP contribution >= 0.6 is 11.6 Å². The number of hydrogen-bond donors (Lipinski definition) is 2. The van der Waals surface area contributed by atoms with E-state index in [2.05, 4.69) is 47.0 Å². The maximum Gasteiger partial charge on any atom is 0.243 e. The Kier molecular flexibility index (Phi) is 10.5. The zero-order valence-electron chi connectivity index (χ0n) is 16.8. The van der Waals surface area contributed by atoms with E-state index in [0.717, 1.165) is 23.7 Å². The van der Waals surface area contributed by atoms with Crippen LogP contribution in [0.2, 0.25) is 5.02 Å². The fourth-order valence-electron chi connectivity index (χ4n) is 2.67. The lowest BCUT2D eigenvalue weighted by atomic mass is 10.0. The summed E-state index contributed by atoms with van der Waals surface area (Å²) in [6.45, 7) is 11.1. The van der Waals surface area contributed by atoms with Crippen molar-refractivity contribution in [3.63, 3.8) is 0 Å². The second-order valence-electron chi connectivity index (χ2n) is 6.26. The molecule has 0 bridgehead atoms. The minimum Gasteiger partial charge on any atom is -0.354 e. The number of carbonyl (C=O) groups excluding carboxylic acids is 1. The Bertz CT molecular complexity index is 629. The Hall–Kier alpha value is -2.05. The molecule has 0 saturated carbocycles. The van der Waals surface area contributed by atoms with Crippen LogP contribution in [0, 0.1) is 0 Å². The second-order valence-corrected chi connectivity index (χ2v) is 6.67. The third-order valence-electron chi connectivity index (χ3n) is 4.27. The van der Waals surface area contributed by atoms with Crippen LogP contribution in [0.5, 0.6) is 0 Å². The minimum atomic E-state index is -0.0545. The molecule has 1 aromatic rings. The number of rotatable bonds is 10. The number of benzene rings is 1. The van der Waals surface area contributed by atoms with Gasteiger partial charge in [0.1, 0.15) is 6.54 Å². The summed E-state index contributed by atoms with van der Waals surface area (Å²) in [4.78, 5) is 20.1. The molecule has 2 N–H and O–H groups in total. The Morgan fingerprint density at radius 2 is 1.93 bits per heavy atom. The van der Waals surface area contributed by atoms with Crippen LogP contribution in [0.3, 0.4) is 0 Å². The smallest absolute Gasteiger partial charge is 0.243 e. The number of nitrogens with zero attached hydrogens (tertiary/aromatic N) is 3. The van der Waals surface area contributed by atoms with E-state index in [0.29, 0.717) is 19.0 Å². The van der Waals surface area contributed by atoms with Gasteiger partial charge in [-0.05, 0) is 24.7 Å². The van der Waals surface area contributed by atoms with Crippen molar-refractivity contribution in [1.29, 1.82) is 0 Å². The maximum absolute atomic E-state index is 11.8. The summed E-state index contributed by atoms with van der Waals surface area (Å²) in [5, 5.41) is 7.25. The van der Waals surface area contributed by atoms with E-state index in [9.17, 15) is 4.79 Å². The SMILES string of the molecule is C=CCNC(=NCC(=O)N(C)C)NCC(c1ccccc1Cl)N(CC)CC. The molecule has 0 radical (unpaired) electrons. The summed E-state index contributed by atoms with van der Waals surface area (Å²) in [6, 6.07) is 7.99. The zero-order chi connectivity index (χ0) is 20.2. The molecule has 7 heteroatoms. The number of likely N-dealkylation sites (N-methyl/N-ethyl adjacent to an activating group) is 2. The largest absolute Gasteiger partial charge is 0.354 e. The van der Waals surface area contributed by atoms with Crippen LogP contribution in [-0.2, 0) is 4.79 Å². The van der Waals surface area contributed by atoms with E-state index in [1.165, 1.54) is 4.90 Å². The Balaban J connectivity index is 2.96. The first-order chi connectivity index (χ1) is 12.9. The molecule has 0 aromatic heterocycles. The van der Waals surface area contributed by atoms with Gasteiger partial charge in [0.25, 0.3) is 0 Å². The Morgan fingerprint density at radius 3 is 2.48 bits per heavy atom. The van der Waals surface area contributed by atoms with Crippen molar-refractivity contribution >= 4 is 23.5 Å². The van der Waals surface area contributed by atoms with E-state index < -0.39 is 0 Å². The number of aliphatic imine (C=N–C) groups is 1. The first-order valence-corrected chi connectivity index (χ1v) is 9.64. The first kappa shape index (κ1) is 23.0. The Morgan fingerprint density at radius 1 is 1.26 bits per heavy atom. The third-order valence-corrected chi connectivity index (χ3v) is 4.61. The molecule has 150 valence electrons. The van der Waals surface area contributed by atoms with Gasteiger partial charge in [0.15, 0.2) is 5.96 Å². The molecule has 1 aromatic carbocycles. The van der Waals surface area contributed by atoms with Crippen LogP contribution < -0.4 is 10.6 Å².